The maximum atomic E-state index is 11.1. The molecule has 4 heteroatoms. The zero-order valence-electron chi connectivity index (χ0n) is 9.18. The first kappa shape index (κ1) is 11.7. The van der Waals surface area contributed by atoms with Gasteiger partial charge >= 0.3 is 11.9 Å². The maximum Gasteiger partial charge on any atom is 0.336 e. The van der Waals surface area contributed by atoms with Crippen LogP contribution in [0.1, 0.15) is 26.3 Å². The molecular formula is C14H8O4. The normalized spacial score (nSPS) is 9.94. The van der Waals surface area contributed by atoms with Crippen molar-refractivity contribution in [2.75, 3.05) is 0 Å². The third-order valence-electron chi connectivity index (χ3n) is 2.67. The van der Waals surface area contributed by atoms with Crippen molar-refractivity contribution in [1.29, 1.82) is 0 Å². The number of aromatic carboxylic acids is 2. The van der Waals surface area contributed by atoms with Crippen LogP contribution in [0.2, 0.25) is 0 Å². The van der Waals surface area contributed by atoms with E-state index in [0.717, 1.165) is 0 Å². The molecule has 2 aromatic rings. The van der Waals surface area contributed by atoms with Gasteiger partial charge in [-0.05, 0) is 22.9 Å². The molecule has 0 aliphatic rings. The summed E-state index contributed by atoms with van der Waals surface area (Å²) in [4.78, 5) is 22.1. The Morgan fingerprint density at radius 3 is 2.17 bits per heavy atom. The Balaban J connectivity index is 2.93. The Bertz CT molecular complexity index is 708. The topological polar surface area (TPSA) is 74.6 Å². The first-order valence-corrected chi connectivity index (χ1v) is 5.05. The molecule has 0 aliphatic carbocycles. The average molecular weight is 240 g/mol. The number of fused-ring (bicyclic) bond motifs is 1. The molecule has 0 saturated carbocycles. The highest BCUT2D eigenvalue weighted by atomic mass is 16.4. The predicted octanol–water partition coefficient (Wildman–Crippen LogP) is 2.22. The van der Waals surface area contributed by atoms with Crippen LogP contribution in [0.25, 0.3) is 10.8 Å². The fourth-order valence-electron chi connectivity index (χ4n) is 1.88. The number of carboxylic acids is 2. The minimum absolute atomic E-state index is 0.00691. The zero-order valence-corrected chi connectivity index (χ0v) is 9.18. The summed E-state index contributed by atoms with van der Waals surface area (Å²) in [6.45, 7) is 0. The van der Waals surface area contributed by atoms with Gasteiger partial charge in [-0.25, -0.2) is 9.59 Å². The van der Waals surface area contributed by atoms with Gasteiger partial charge in [0.15, 0.2) is 0 Å². The molecule has 0 aromatic heterocycles. The Morgan fingerprint density at radius 1 is 0.944 bits per heavy atom. The third-order valence-corrected chi connectivity index (χ3v) is 2.67. The van der Waals surface area contributed by atoms with Crippen LogP contribution in [0.4, 0.5) is 0 Å². The van der Waals surface area contributed by atoms with Gasteiger partial charge in [0, 0.05) is 5.56 Å². The van der Waals surface area contributed by atoms with Gasteiger partial charge in [0.2, 0.25) is 0 Å². The Morgan fingerprint density at radius 2 is 1.61 bits per heavy atom. The van der Waals surface area contributed by atoms with Crippen LogP contribution in [0.15, 0.2) is 30.3 Å². The van der Waals surface area contributed by atoms with Gasteiger partial charge < -0.3 is 10.2 Å². The molecule has 0 fully saturated rings. The quantitative estimate of drug-likeness (QED) is 0.789. The number of benzene rings is 2. The smallest absolute Gasteiger partial charge is 0.336 e. The van der Waals surface area contributed by atoms with E-state index in [4.69, 9.17) is 16.6 Å². The van der Waals surface area contributed by atoms with Crippen molar-refractivity contribution < 1.29 is 19.8 Å². The predicted molar refractivity (Wildman–Crippen MR) is 65.8 cm³/mol. The number of carbonyl (C=O) groups is 2. The van der Waals surface area contributed by atoms with E-state index in [1.54, 1.807) is 6.07 Å². The molecule has 0 spiro atoms. The lowest BCUT2D eigenvalue weighted by Crippen LogP contribution is -2.03. The van der Waals surface area contributed by atoms with Gasteiger partial charge in [-0.3, -0.25) is 0 Å². The molecule has 0 aliphatic heterocycles. The SMILES string of the molecule is C#Cc1c(C(=O)O)ccc2c(C(=O)O)cccc12. The summed E-state index contributed by atoms with van der Waals surface area (Å²) in [5.41, 5.74) is 0.288. The number of carboxylic acid groups (broad SMARTS) is 2. The minimum Gasteiger partial charge on any atom is -0.478 e. The second-order valence-corrected chi connectivity index (χ2v) is 3.64. The van der Waals surface area contributed by atoms with Gasteiger partial charge in [-0.15, -0.1) is 6.42 Å². The Labute approximate surface area is 102 Å². The zero-order chi connectivity index (χ0) is 13.3. The lowest BCUT2D eigenvalue weighted by molar-refractivity contribution is 0.0688. The molecule has 18 heavy (non-hydrogen) atoms. The Kier molecular flexibility index (Phi) is 2.74. The number of rotatable bonds is 2. The summed E-state index contributed by atoms with van der Waals surface area (Å²) in [7, 11) is 0. The molecule has 0 saturated heterocycles. The molecule has 2 rings (SSSR count). The van der Waals surface area contributed by atoms with Crippen LogP contribution in [0.5, 0.6) is 0 Å². The molecule has 0 radical (unpaired) electrons. The largest absolute Gasteiger partial charge is 0.478 e. The molecule has 0 amide bonds. The fourth-order valence-corrected chi connectivity index (χ4v) is 1.88. The molecule has 88 valence electrons. The average Bonchev–Trinajstić information content (AvgIpc) is 2.35. The summed E-state index contributed by atoms with van der Waals surface area (Å²) in [5.74, 6) is 0.101. The van der Waals surface area contributed by atoms with Crippen molar-refractivity contribution >= 4 is 22.7 Å². The Hall–Kier alpha value is -2.80. The van der Waals surface area contributed by atoms with Crippen LogP contribution in [0, 0.1) is 12.3 Å². The first-order chi connectivity index (χ1) is 8.56. The van der Waals surface area contributed by atoms with Crippen molar-refractivity contribution in [2.24, 2.45) is 0 Å². The first-order valence-electron chi connectivity index (χ1n) is 5.05. The molecule has 0 heterocycles. The van der Waals surface area contributed by atoms with Crippen LogP contribution < -0.4 is 0 Å². The monoisotopic (exact) mass is 240 g/mol. The molecule has 0 atom stereocenters. The van der Waals surface area contributed by atoms with E-state index in [0.29, 0.717) is 10.8 Å². The summed E-state index contributed by atoms with van der Waals surface area (Å²) in [5, 5.41) is 19.0. The van der Waals surface area contributed by atoms with Crippen molar-refractivity contribution in [3.63, 3.8) is 0 Å². The van der Waals surface area contributed by atoms with E-state index in [-0.39, 0.29) is 16.7 Å². The summed E-state index contributed by atoms with van der Waals surface area (Å²) in [6.07, 6.45) is 5.32. The second-order valence-electron chi connectivity index (χ2n) is 3.64. The highest BCUT2D eigenvalue weighted by Gasteiger charge is 2.15. The fraction of sp³-hybridized carbons (Fsp3) is 0. The summed E-state index contributed by atoms with van der Waals surface area (Å²) in [6, 6.07) is 7.39. The molecule has 2 N–H and O–H groups in total. The number of hydrogen-bond acceptors (Lipinski definition) is 2. The van der Waals surface area contributed by atoms with Crippen molar-refractivity contribution in [3.8, 4) is 12.3 Å². The van der Waals surface area contributed by atoms with E-state index in [1.807, 2.05) is 0 Å². The van der Waals surface area contributed by atoms with Crippen LogP contribution in [0.3, 0.4) is 0 Å². The molecule has 0 unspecified atom stereocenters. The molecule has 4 nitrogen and oxygen atoms in total. The second kappa shape index (κ2) is 4.22. The molecule has 0 bridgehead atoms. The van der Waals surface area contributed by atoms with Gasteiger partial charge in [0.05, 0.1) is 11.1 Å². The van der Waals surface area contributed by atoms with E-state index in [2.05, 4.69) is 5.92 Å². The van der Waals surface area contributed by atoms with E-state index in [9.17, 15) is 9.59 Å². The van der Waals surface area contributed by atoms with E-state index >= 15 is 0 Å². The molecular weight excluding hydrogens is 232 g/mol. The van der Waals surface area contributed by atoms with Gasteiger partial charge in [-0.2, -0.15) is 0 Å². The van der Waals surface area contributed by atoms with Gasteiger partial charge in [0.1, 0.15) is 0 Å². The summed E-state index contributed by atoms with van der Waals surface area (Å²) >= 11 is 0. The van der Waals surface area contributed by atoms with Crippen molar-refractivity contribution in [2.45, 2.75) is 0 Å². The standard InChI is InChI=1S/C14H8O4/c1-2-8-9-4-3-5-11(13(15)16)10(9)6-7-12(8)14(17)18/h1,3-7H,(H,15,16)(H,17,18). The van der Waals surface area contributed by atoms with Crippen LogP contribution in [-0.2, 0) is 0 Å². The highest BCUT2D eigenvalue weighted by molar-refractivity contribution is 6.08. The summed E-state index contributed by atoms with van der Waals surface area (Å²) < 4.78 is 0. The lowest BCUT2D eigenvalue weighted by atomic mass is 9.96. The van der Waals surface area contributed by atoms with Crippen LogP contribution in [-0.4, -0.2) is 22.2 Å². The van der Waals surface area contributed by atoms with E-state index < -0.39 is 11.9 Å². The number of terminal acetylenes is 1. The van der Waals surface area contributed by atoms with Gasteiger partial charge in [-0.1, -0.05) is 24.1 Å². The van der Waals surface area contributed by atoms with E-state index in [1.165, 1.54) is 24.3 Å². The maximum absolute atomic E-state index is 11.1. The van der Waals surface area contributed by atoms with Gasteiger partial charge in [0.25, 0.3) is 0 Å². The van der Waals surface area contributed by atoms with Crippen molar-refractivity contribution in [1.82, 2.24) is 0 Å². The minimum atomic E-state index is -1.13. The highest BCUT2D eigenvalue weighted by Crippen LogP contribution is 2.25. The molecule has 2 aromatic carbocycles. The number of hydrogen-bond donors (Lipinski definition) is 2. The van der Waals surface area contributed by atoms with Crippen LogP contribution >= 0.6 is 0 Å². The van der Waals surface area contributed by atoms with Crippen molar-refractivity contribution in [3.05, 3.63) is 47.0 Å². The lowest BCUT2D eigenvalue weighted by Gasteiger charge is -2.07. The third kappa shape index (κ3) is 1.68.